The van der Waals surface area contributed by atoms with E-state index in [2.05, 4.69) is 49.2 Å². The molecule has 0 N–H and O–H groups in total. The molecular formula is C25H20Cl2N2OS. The summed E-state index contributed by atoms with van der Waals surface area (Å²) in [5.41, 5.74) is 5.96. The van der Waals surface area contributed by atoms with Gasteiger partial charge in [-0.15, -0.1) is 0 Å². The number of rotatable bonds is 3. The molecule has 0 saturated heterocycles. The van der Waals surface area contributed by atoms with E-state index in [1.807, 2.05) is 29.8 Å². The van der Waals surface area contributed by atoms with Crippen LogP contribution in [0, 0.1) is 13.8 Å². The largest absolute Gasteiger partial charge is 0.319 e. The van der Waals surface area contributed by atoms with Gasteiger partial charge in [0.15, 0.2) is 4.80 Å². The van der Waals surface area contributed by atoms with Gasteiger partial charge in [0, 0.05) is 12.1 Å². The first-order valence-corrected chi connectivity index (χ1v) is 11.3. The summed E-state index contributed by atoms with van der Waals surface area (Å²) < 4.78 is 1.97. The lowest BCUT2D eigenvalue weighted by atomic mass is 10.0. The summed E-state index contributed by atoms with van der Waals surface area (Å²) in [7, 11) is 1.93. The molecule has 0 saturated carbocycles. The Balaban J connectivity index is 1.92. The van der Waals surface area contributed by atoms with Gasteiger partial charge in [-0.05, 0) is 60.4 Å². The third kappa shape index (κ3) is 4.38. The smallest absolute Gasteiger partial charge is 0.281 e. The van der Waals surface area contributed by atoms with E-state index in [0.717, 1.165) is 21.7 Å². The highest BCUT2D eigenvalue weighted by Gasteiger charge is 2.17. The van der Waals surface area contributed by atoms with Crippen LogP contribution >= 0.6 is 34.5 Å². The van der Waals surface area contributed by atoms with Gasteiger partial charge in [-0.2, -0.15) is 4.99 Å². The van der Waals surface area contributed by atoms with Crippen LogP contribution in [0.3, 0.4) is 0 Å². The Morgan fingerprint density at radius 1 is 0.903 bits per heavy atom. The van der Waals surface area contributed by atoms with Crippen molar-refractivity contribution < 1.29 is 4.79 Å². The van der Waals surface area contributed by atoms with E-state index in [4.69, 9.17) is 23.2 Å². The van der Waals surface area contributed by atoms with Crippen LogP contribution in [0.1, 0.15) is 21.5 Å². The fourth-order valence-corrected chi connectivity index (χ4v) is 5.00. The highest BCUT2D eigenvalue weighted by atomic mass is 35.5. The summed E-state index contributed by atoms with van der Waals surface area (Å²) in [6.45, 7) is 4.20. The second-order valence-corrected chi connectivity index (χ2v) is 9.15. The normalized spacial score (nSPS) is 11.7. The van der Waals surface area contributed by atoms with Crippen LogP contribution < -0.4 is 4.80 Å². The summed E-state index contributed by atoms with van der Waals surface area (Å²) in [5.74, 6) is -0.398. The summed E-state index contributed by atoms with van der Waals surface area (Å²) in [4.78, 5) is 19.0. The van der Waals surface area contributed by atoms with E-state index in [1.165, 1.54) is 22.5 Å². The van der Waals surface area contributed by atoms with Gasteiger partial charge in [-0.3, -0.25) is 4.79 Å². The minimum atomic E-state index is -0.398. The van der Waals surface area contributed by atoms with Crippen LogP contribution in [0.2, 0.25) is 10.0 Å². The van der Waals surface area contributed by atoms with Gasteiger partial charge in [-0.25, -0.2) is 0 Å². The minimum absolute atomic E-state index is 0.290. The number of aryl methyl sites for hydroxylation is 2. The molecule has 0 unspecified atom stereocenters. The predicted octanol–water partition coefficient (Wildman–Crippen LogP) is 7.09. The van der Waals surface area contributed by atoms with Crippen molar-refractivity contribution in [1.82, 2.24) is 4.57 Å². The van der Waals surface area contributed by atoms with E-state index in [0.29, 0.717) is 15.4 Å². The molecule has 0 aliphatic heterocycles. The molecule has 156 valence electrons. The molecule has 0 spiro atoms. The van der Waals surface area contributed by atoms with Gasteiger partial charge in [-0.1, -0.05) is 77.0 Å². The van der Waals surface area contributed by atoms with Gasteiger partial charge >= 0.3 is 0 Å². The lowest BCUT2D eigenvalue weighted by Crippen LogP contribution is -2.14. The molecule has 6 heteroatoms. The van der Waals surface area contributed by atoms with Crippen molar-refractivity contribution in [3.63, 3.8) is 0 Å². The standard InChI is InChI=1S/C25H20Cl2N2OS/c1-15-9-10-18(13-16(15)2)22-23(17-7-5-4-6-8-17)31-25(29(22)3)28-24(30)20-12-11-19(26)14-21(20)27/h4-14H,1-3H3. The Morgan fingerprint density at radius 2 is 1.65 bits per heavy atom. The summed E-state index contributed by atoms with van der Waals surface area (Å²) in [6.07, 6.45) is 0. The highest BCUT2D eigenvalue weighted by molar-refractivity contribution is 7.13. The molecule has 3 aromatic carbocycles. The van der Waals surface area contributed by atoms with Crippen molar-refractivity contribution in [3.05, 3.63) is 98.3 Å². The second-order valence-electron chi connectivity index (χ2n) is 7.33. The number of halogens is 2. The maximum Gasteiger partial charge on any atom is 0.281 e. The van der Waals surface area contributed by atoms with Crippen molar-refractivity contribution in [2.75, 3.05) is 0 Å². The average molecular weight is 467 g/mol. The number of hydrogen-bond donors (Lipinski definition) is 0. The van der Waals surface area contributed by atoms with Crippen molar-refractivity contribution in [3.8, 4) is 21.7 Å². The van der Waals surface area contributed by atoms with Gasteiger partial charge in [0.25, 0.3) is 5.91 Å². The summed E-state index contributed by atoms with van der Waals surface area (Å²) >= 11 is 13.7. The Kier molecular flexibility index (Phi) is 6.15. The zero-order valence-corrected chi connectivity index (χ0v) is 19.6. The average Bonchev–Trinajstić information content (AvgIpc) is 3.06. The van der Waals surface area contributed by atoms with E-state index in [1.54, 1.807) is 18.2 Å². The summed E-state index contributed by atoms with van der Waals surface area (Å²) in [6, 6.07) is 21.3. The summed E-state index contributed by atoms with van der Waals surface area (Å²) in [5, 5.41) is 0.768. The molecule has 1 aromatic heterocycles. The Labute approximate surface area is 195 Å². The topological polar surface area (TPSA) is 34.4 Å². The molecule has 4 aromatic rings. The molecule has 0 atom stereocenters. The number of aromatic nitrogens is 1. The highest BCUT2D eigenvalue weighted by Crippen LogP contribution is 2.35. The molecule has 4 rings (SSSR count). The third-order valence-electron chi connectivity index (χ3n) is 5.21. The molecule has 0 fully saturated rings. The number of amides is 1. The van der Waals surface area contributed by atoms with Crippen molar-refractivity contribution in [1.29, 1.82) is 0 Å². The molecule has 31 heavy (non-hydrogen) atoms. The first-order chi connectivity index (χ1) is 14.8. The van der Waals surface area contributed by atoms with Crippen LogP contribution in [0.5, 0.6) is 0 Å². The van der Waals surface area contributed by atoms with Crippen LogP contribution in [0.25, 0.3) is 21.7 Å². The van der Waals surface area contributed by atoms with Gasteiger partial charge in [0.1, 0.15) is 0 Å². The lowest BCUT2D eigenvalue weighted by Gasteiger charge is -2.09. The minimum Gasteiger partial charge on any atom is -0.319 e. The van der Waals surface area contributed by atoms with E-state index in [9.17, 15) is 4.79 Å². The fraction of sp³-hybridized carbons (Fsp3) is 0.120. The SMILES string of the molecule is Cc1ccc(-c2c(-c3ccccc3)sc(=NC(=O)c3ccc(Cl)cc3Cl)n2C)cc1C. The van der Waals surface area contributed by atoms with Crippen LogP contribution in [-0.2, 0) is 7.05 Å². The van der Waals surface area contributed by atoms with Crippen LogP contribution in [-0.4, -0.2) is 10.5 Å². The lowest BCUT2D eigenvalue weighted by molar-refractivity contribution is 0.0998. The van der Waals surface area contributed by atoms with Crippen molar-refractivity contribution in [2.45, 2.75) is 13.8 Å². The van der Waals surface area contributed by atoms with Crippen LogP contribution in [0.15, 0.2) is 71.7 Å². The van der Waals surface area contributed by atoms with Crippen molar-refractivity contribution >= 4 is 40.4 Å². The first kappa shape index (κ1) is 21.6. The Bertz CT molecular complexity index is 1350. The fourth-order valence-electron chi connectivity index (χ4n) is 3.36. The van der Waals surface area contributed by atoms with Gasteiger partial charge in [0.2, 0.25) is 0 Å². The maximum atomic E-state index is 12.9. The van der Waals surface area contributed by atoms with E-state index in [-0.39, 0.29) is 5.02 Å². The van der Waals surface area contributed by atoms with Gasteiger partial charge < -0.3 is 4.57 Å². The quantitative estimate of drug-likeness (QED) is 0.317. The number of benzene rings is 3. The number of carbonyl (C=O) groups is 1. The van der Waals surface area contributed by atoms with Crippen LogP contribution in [0.4, 0.5) is 0 Å². The second kappa shape index (κ2) is 8.83. The zero-order valence-electron chi connectivity index (χ0n) is 17.3. The zero-order chi connectivity index (χ0) is 22.1. The molecule has 0 radical (unpaired) electrons. The van der Waals surface area contributed by atoms with Crippen molar-refractivity contribution in [2.24, 2.45) is 12.0 Å². The first-order valence-electron chi connectivity index (χ1n) is 9.72. The maximum absolute atomic E-state index is 12.9. The molecule has 1 amide bonds. The molecule has 0 aliphatic carbocycles. The molecule has 0 bridgehead atoms. The van der Waals surface area contributed by atoms with Gasteiger partial charge in [0.05, 0.1) is 21.2 Å². The third-order valence-corrected chi connectivity index (χ3v) is 6.93. The predicted molar refractivity (Wildman–Crippen MR) is 130 cm³/mol. The van der Waals surface area contributed by atoms with E-state index < -0.39 is 5.91 Å². The number of carbonyl (C=O) groups excluding carboxylic acids is 1. The molecule has 0 aliphatic rings. The number of hydrogen-bond acceptors (Lipinski definition) is 2. The Morgan fingerprint density at radius 3 is 2.32 bits per heavy atom. The monoisotopic (exact) mass is 466 g/mol. The van der Waals surface area contributed by atoms with E-state index >= 15 is 0 Å². The molecular weight excluding hydrogens is 447 g/mol. The number of nitrogens with zero attached hydrogens (tertiary/aromatic N) is 2. The molecule has 1 heterocycles. The molecule has 3 nitrogen and oxygen atoms in total. The number of thiazole rings is 1. The Hall–Kier alpha value is -2.66.